The van der Waals surface area contributed by atoms with Crippen LogP contribution in [0.4, 0.5) is 5.82 Å². The molecule has 1 N–H and O–H groups in total. The highest BCUT2D eigenvalue weighted by Crippen LogP contribution is 2.19. The van der Waals surface area contributed by atoms with E-state index in [0.29, 0.717) is 12.4 Å². The Hall–Kier alpha value is -2.62. The summed E-state index contributed by atoms with van der Waals surface area (Å²) < 4.78 is 5.51. The van der Waals surface area contributed by atoms with Gasteiger partial charge in [-0.3, -0.25) is 4.79 Å². The lowest BCUT2D eigenvalue weighted by atomic mass is 10.2. The zero-order valence-electron chi connectivity index (χ0n) is 12.2. The molecule has 0 aliphatic rings. The molecule has 2 rings (SSSR count). The predicted octanol–water partition coefficient (Wildman–Crippen LogP) is 3.44. The number of anilines is 1. The van der Waals surface area contributed by atoms with E-state index in [9.17, 15) is 4.79 Å². The summed E-state index contributed by atoms with van der Waals surface area (Å²) in [4.78, 5) is 16.0. The van der Waals surface area contributed by atoms with E-state index >= 15 is 0 Å². The Morgan fingerprint density at radius 2 is 2.14 bits per heavy atom. The standard InChI is InChI=1S/C17H18N2O2/c1-3-21-15-7-5-4-6-14(15)8-9-17(20)19-16-12-13(2)10-11-18-16/h4-12H,3H2,1-2H3,(H,18,19,20)/b9-8+. The Bertz CT molecular complexity index is 651. The number of pyridine rings is 1. The third-order valence-electron chi connectivity index (χ3n) is 2.80. The number of para-hydroxylation sites is 1. The van der Waals surface area contributed by atoms with Crippen molar-refractivity contribution in [3.05, 3.63) is 59.8 Å². The van der Waals surface area contributed by atoms with Crippen LogP contribution in [0.15, 0.2) is 48.7 Å². The number of nitrogens with one attached hydrogen (secondary N) is 1. The third-order valence-corrected chi connectivity index (χ3v) is 2.80. The average molecular weight is 282 g/mol. The van der Waals surface area contributed by atoms with Gasteiger partial charge in [-0.15, -0.1) is 0 Å². The Kier molecular flexibility index (Phi) is 5.10. The quantitative estimate of drug-likeness (QED) is 0.855. The molecule has 0 radical (unpaired) electrons. The lowest BCUT2D eigenvalue weighted by Gasteiger charge is -2.06. The van der Waals surface area contributed by atoms with E-state index in [0.717, 1.165) is 16.9 Å². The summed E-state index contributed by atoms with van der Waals surface area (Å²) in [5, 5.41) is 2.73. The van der Waals surface area contributed by atoms with E-state index in [1.54, 1.807) is 12.3 Å². The van der Waals surface area contributed by atoms with Crippen LogP contribution < -0.4 is 10.1 Å². The normalized spacial score (nSPS) is 10.6. The van der Waals surface area contributed by atoms with Crippen LogP contribution in [0.5, 0.6) is 5.75 Å². The van der Waals surface area contributed by atoms with Crippen LogP contribution >= 0.6 is 0 Å². The fourth-order valence-corrected chi connectivity index (χ4v) is 1.84. The summed E-state index contributed by atoms with van der Waals surface area (Å²) in [6, 6.07) is 11.3. The highest BCUT2D eigenvalue weighted by molar-refractivity contribution is 6.01. The summed E-state index contributed by atoms with van der Waals surface area (Å²) in [5.41, 5.74) is 1.91. The molecule has 0 saturated carbocycles. The van der Waals surface area contributed by atoms with Crippen LogP contribution in [0.25, 0.3) is 6.08 Å². The zero-order valence-corrected chi connectivity index (χ0v) is 12.2. The van der Waals surface area contributed by atoms with Gasteiger partial charge in [-0.05, 0) is 43.7 Å². The fraction of sp³-hybridized carbons (Fsp3) is 0.176. The molecule has 2 aromatic rings. The maximum atomic E-state index is 11.9. The van der Waals surface area contributed by atoms with Gasteiger partial charge in [0, 0.05) is 17.8 Å². The molecule has 4 nitrogen and oxygen atoms in total. The van der Waals surface area contributed by atoms with Crippen molar-refractivity contribution in [2.75, 3.05) is 11.9 Å². The molecule has 0 bridgehead atoms. The summed E-state index contributed by atoms with van der Waals surface area (Å²) >= 11 is 0. The number of carbonyl (C=O) groups is 1. The van der Waals surface area contributed by atoms with E-state index < -0.39 is 0 Å². The first kappa shape index (κ1) is 14.8. The molecule has 0 aliphatic carbocycles. The van der Waals surface area contributed by atoms with E-state index in [1.807, 2.05) is 50.2 Å². The van der Waals surface area contributed by atoms with Gasteiger partial charge in [0.15, 0.2) is 0 Å². The first-order valence-electron chi connectivity index (χ1n) is 6.82. The largest absolute Gasteiger partial charge is 0.493 e. The van der Waals surface area contributed by atoms with Gasteiger partial charge in [0.1, 0.15) is 11.6 Å². The number of rotatable bonds is 5. The molecular weight excluding hydrogens is 264 g/mol. The van der Waals surface area contributed by atoms with Crippen LogP contribution in [0.2, 0.25) is 0 Å². The number of carbonyl (C=O) groups excluding carboxylic acids is 1. The molecule has 4 heteroatoms. The van der Waals surface area contributed by atoms with Crippen LogP contribution in [-0.2, 0) is 4.79 Å². The van der Waals surface area contributed by atoms with E-state index in [2.05, 4.69) is 10.3 Å². The van der Waals surface area contributed by atoms with Gasteiger partial charge in [-0.1, -0.05) is 18.2 Å². The second kappa shape index (κ2) is 7.24. The number of nitrogens with zero attached hydrogens (tertiary/aromatic N) is 1. The number of hydrogen-bond acceptors (Lipinski definition) is 3. The van der Waals surface area contributed by atoms with Crippen LogP contribution in [0.1, 0.15) is 18.1 Å². The molecule has 1 aromatic heterocycles. The first-order chi connectivity index (χ1) is 10.2. The van der Waals surface area contributed by atoms with Crippen LogP contribution in [0, 0.1) is 6.92 Å². The van der Waals surface area contributed by atoms with Gasteiger partial charge in [0.2, 0.25) is 5.91 Å². The average Bonchev–Trinajstić information content (AvgIpc) is 2.47. The second-order valence-electron chi connectivity index (χ2n) is 4.51. The highest BCUT2D eigenvalue weighted by atomic mass is 16.5. The Morgan fingerprint density at radius 1 is 1.33 bits per heavy atom. The van der Waals surface area contributed by atoms with Gasteiger partial charge >= 0.3 is 0 Å². The van der Waals surface area contributed by atoms with E-state index in [1.165, 1.54) is 6.08 Å². The summed E-state index contributed by atoms with van der Waals surface area (Å²) in [6.07, 6.45) is 4.87. The van der Waals surface area contributed by atoms with Crippen molar-refractivity contribution >= 4 is 17.8 Å². The van der Waals surface area contributed by atoms with Crippen molar-refractivity contribution in [3.63, 3.8) is 0 Å². The van der Waals surface area contributed by atoms with Crippen molar-refractivity contribution < 1.29 is 9.53 Å². The minimum Gasteiger partial charge on any atom is -0.493 e. The number of amides is 1. The number of ether oxygens (including phenoxy) is 1. The van der Waals surface area contributed by atoms with Crippen molar-refractivity contribution in [2.24, 2.45) is 0 Å². The van der Waals surface area contributed by atoms with Crippen molar-refractivity contribution in [3.8, 4) is 5.75 Å². The van der Waals surface area contributed by atoms with Crippen LogP contribution in [-0.4, -0.2) is 17.5 Å². The Balaban J connectivity index is 2.05. The van der Waals surface area contributed by atoms with E-state index in [4.69, 9.17) is 4.74 Å². The molecule has 1 aromatic carbocycles. The lowest BCUT2D eigenvalue weighted by Crippen LogP contribution is -2.09. The topological polar surface area (TPSA) is 51.2 Å². The van der Waals surface area contributed by atoms with Gasteiger partial charge in [0.05, 0.1) is 6.61 Å². The minimum absolute atomic E-state index is 0.223. The third kappa shape index (κ3) is 4.45. The zero-order chi connectivity index (χ0) is 15.1. The molecule has 0 fully saturated rings. The molecule has 21 heavy (non-hydrogen) atoms. The van der Waals surface area contributed by atoms with E-state index in [-0.39, 0.29) is 5.91 Å². The van der Waals surface area contributed by atoms with Gasteiger partial charge < -0.3 is 10.1 Å². The molecular formula is C17H18N2O2. The smallest absolute Gasteiger partial charge is 0.249 e. The Labute approximate surface area is 124 Å². The molecule has 0 atom stereocenters. The fourth-order valence-electron chi connectivity index (χ4n) is 1.84. The number of benzene rings is 1. The molecule has 0 spiro atoms. The van der Waals surface area contributed by atoms with Gasteiger partial charge in [0.25, 0.3) is 0 Å². The van der Waals surface area contributed by atoms with Crippen molar-refractivity contribution in [2.45, 2.75) is 13.8 Å². The molecule has 1 amide bonds. The lowest BCUT2D eigenvalue weighted by molar-refractivity contribution is -0.111. The van der Waals surface area contributed by atoms with Gasteiger partial charge in [-0.25, -0.2) is 4.98 Å². The SMILES string of the molecule is CCOc1ccccc1/C=C/C(=O)Nc1cc(C)ccn1. The maximum absolute atomic E-state index is 11.9. The van der Waals surface area contributed by atoms with Crippen LogP contribution in [0.3, 0.4) is 0 Å². The molecule has 0 saturated heterocycles. The first-order valence-corrected chi connectivity index (χ1v) is 6.82. The number of aromatic nitrogens is 1. The Morgan fingerprint density at radius 3 is 2.90 bits per heavy atom. The maximum Gasteiger partial charge on any atom is 0.249 e. The predicted molar refractivity (Wildman–Crippen MR) is 84.2 cm³/mol. The summed E-state index contributed by atoms with van der Waals surface area (Å²) in [5.74, 6) is 1.08. The number of aryl methyl sites for hydroxylation is 1. The van der Waals surface area contributed by atoms with Gasteiger partial charge in [-0.2, -0.15) is 0 Å². The monoisotopic (exact) mass is 282 g/mol. The summed E-state index contributed by atoms with van der Waals surface area (Å²) in [7, 11) is 0. The second-order valence-corrected chi connectivity index (χ2v) is 4.51. The minimum atomic E-state index is -0.223. The molecule has 1 heterocycles. The highest BCUT2D eigenvalue weighted by Gasteiger charge is 2.01. The van der Waals surface area contributed by atoms with Crippen molar-refractivity contribution in [1.29, 1.82) is 0 Å². The number of hydrogen-bond donors (Lipinski definition) is 1. The van der Waals surface area contributed by atoms with Crippen molar-refractivity contribution in [1.82, 2.24) is 4.98 Å². The molecule has 108 valence electrons. The molecule has 0 aliphatic heterocycles. The summed E-state index contributed by atoms with van der Waals surface area (Å²) in [6.45, 7) is 4.46. The molecule has 0 unspecified atom stereocenters.